The van der Waals surface area contributed by atoms with Gasteiger partial charge in [-0.3, -0.25) is 19.3 Å². The van der Waals surface area contributed by atoms with Crippen LogP contribution in [0.3, 0.4) is 0 Å². The van der Waals surface area contributed by atoms with Crippen LogP contribution < -0.4 is 0 Å². The second-order valence-corrected chi connectivity index (χ2v) is 7.48. The molecule has 0 N–H and O–H groups in total. The summed E-state index contributed by atoms with van der Waals surface area (Å²) in [4.78, 5) is 39.9. The topological polar surface area (TPSA) is 70.8 Å². The van der Waals surface area contributed by atoms with E-state index in [9.17, 15) is 14.4 Å². The van der Waals surface area contributed by atoms with Crippen molar-refractivity contribution < 1.29 is 18.8 Å². The molecule has 1 aromatic rings. The Labute approximate surface area is 152 Å². The Morgan fingerprint density at radius 1 is 1.21 bits per heavy atom. The maximum absolute atomic E-state index is 12.4. The maximum atomic E-state index is 12.4. The van der Waals surface area contributed by atoms with Gasteiger partial charge in [-0.1, -0.05) is 12.8 Å². The molecule has 2 saturated heterocycles. The summed E-state index contributed by atoms with van der Waals surface area (Å²) in [5.41, 5.74) is 0. The number of furan rings is 1. The summed E-state index contributed by atoms with van der Waals surface area (Å²) in [6.45, 7) is 1.21. The van der Waals surface area contributed by atoms with Gasteiger partial charge in [-0.2, -0.15) is 0 Å². The Bertz CT molecular complexity index is 692. The number of imide groups is 1. The highest BCUT2D eigenvalue weighted by molar-refractivity contribution is 9.10. The molecule has 3 rings (SSSR count). The third kappa shape index (κ3) is 3.92. The molecule has 0 saturated carbocycles. The molecule has 3 amide bonds. The summed E-state index contributed by atoms with van der Waals surface area (Å²) in [7, 11) is 0. The third-order valence-electron chi connectivity index (χ3n) is 3.99. The van der Waals surface area contributed by atoms with Crippen molar-refractivity contribution in [3.05, 3.63) is 27.5 Å². The van der Waals surface area contributed by atoms with Crippen LogP contribution in [-0.4, -0.2) is 46.5 Å². The van der Waals surface area contributed by atoms with Crippen LogP contribution in [-0.2, 0) is 9.59 Å². The summed E-state index contributed by atoms with van der Waals surface area (Å²) in [6, 6.07) is 3.40. The van der Waals surface area contributed by atoms with Gasteiger partial charge in [0.25, 0.3) is 11.1 Å². The molecular formula is C16H17BrN2O4S. The van der Waals surface area contributed by atoms with Gasteiger partial charge in [-0.05, 0) is 52.7 Å². The van der Waals surface area contributed by atoms with Crippen molar-refractivity contribution in [3.63, 3.8) is 0 Å². The molecule has 2 aliphatic heterocycles. The lowest BCUT2D eigenvalue weighted by Gasteiger charge is -2.22. The number of carbonyl (C=O) groups is 3. The second-order valence-electron chi connectivity index (χ2n) is 5.70. The van der Waals surface area contributed by atoms with Gasteiger partial charge in [0, 0.05) is 19.2 Å². The average Bonchev–Trinajstić information content (AvgIpc) is 2.94. The van der Waals surface area contributed by atoms with E-state index in [4.69, 9.17) is 4.42 Å². The molecule has 2 fully saturated rings. The van der Waals surface area contributed by atoms with Crippen molar-refractivity contribution in [2.75, 3.05) is 19.6 Å². The van der Waals surface area contributed by atoms with E-state index in [1.165, 1.54) is 6.08 Å². The van der Waals surface area contributed by atoms with E-state index < -0.39 is 11.1 Å². The zero-order chi connectivity index (χ0) is 17.1. The first kappa shape index (κ1) is 17.3. The van der Waals surface area contributed by atoms with Crippen LogP contribution in [0.4, 0.5) is 4.79 Å². The van der Waals surface area contributed by atoms with E-state index in [1.807, 2.05) is 0 Å². The van der Waals surface area contributed by atoms with Crippen molar-refractivity contribution in [2.45, 2.75) is 25.7 Å². The van der Waals surface area contributed by atoms with Gasteiger partial charge < -0.3 is 9.32 Å². The summed E-state index contributed by atoms with van der Waals surface area (Å²) < 4.78 is 5.87. The SMILES string of the molecule is O=C(CN1C(=O)S/C(=C\c2ccc(Br)o2)C1=O)N1CCCCCC1. The predicted molar refractivity (Wildman–Crippen MR) is 94.1 cm³/mol. The number of carbonyl (C=O) groups excluding carboxylic acids is 3. The number of amides is 3. The van der Waals surface area contributed by atoms with E-state index in [2.05, 4.69) is 15.9 Å². The van der Waals surface area contributed by atoms with Gasteiger partial charge >= 0.3 is 0 Å². The standard InChI is InChI=1S/C16H17BrN2O4S/c17-13-6-5-11(23-13)9-12-15(21)19(16(22)24-12)10-14(20)18-7-3-1-2-4-8-18/h5-6,9H,1-4,7-8,10H2/b12-9-. The summed E-state index contributed by atoms with van der Waals surface area (Å²) in [5.74, 6) is -0.131. The molecule has 24 heavy (non-hydrogen) atoms. The minimum absolute atomic E-state index is 0.166. The van der Waals surface area contributed by atoms with E-state index >= 15 is 0 Å². The van der Waals surface area contributed by atoms with Gasteiger partial charge in [0.1, 0.15) is 12.3 Å². The normalized spacial score (nSPS) is 20.8. The van der Waals surface area contributed by atoms with Gasteiger partial charge in [0.2, 0.25) is 5.91 Å². The quantitative estimate of drug-likeness (QED) is 0.710. The van der Waals surface area contributed by atoms with E-state index in [-0.39, 0.29) is 17.4 Å². The Kier molecular flexibility index (Phi) is 5.45. The van der Waals surface area contributed by atoms with Gasteiger partial charge in [-0.25, -0.2) is 0 Å². The lowest BCUT2D eigenvalue weighted by atomic mass is 10.2. The highest BCUT2D eigenvalue weighted by Gasteiger charge is 2.37. The minimum Gasteiger partial charge on any atom is -0.450 e. The van der Waals surface area contributed by atoms with Gasteiger partial charge in [-0.15, -0.1) is 0 Å². The second kappa shape index (κ2) is 7.57. The molecule has 6 nitrogen and oxygen atoms in total. The van der Waals surface area contributed by atoms with Crippen LogP contribution in [0.25, 0.3) is 6.08 Å². The van der Waals surface area contributed by atoms with Crippen molar-refractivity contribution in [1.82, 2.24) is 9.80 Å². The van der Waals surface area contributed by atoms with Crippen LogP contribution in [0.2, 0.25) is 0 Å². The molecular weight excluding hydrogens is 396 g/mol. The Morgan fingerprint density at radius 3 is 2.54 bits per heavy atom. The molecule has 0 aliphatic carbocycles. The molecule has 2 aliphatic rings. The van der Waals surface area contributed by atoms with Crippen molar-refractivity contribution in [2.24, 2.45) is 0 Å². The van der Waals surface area contributed by atoms with Gasteiger partial charge in [0.15, 0.2) is 4.67 Å². The third-order valence-corrected chi connectivity index (χ3v) is 5.33. The summed E-state index contributed by atoms with van der Waals surface area (Å²) in [6.07, 6.45) is 5.70. The van der Waals surface area contributed by atoms with Crippen molar-refractivity contribution >= 4 is 50.8 Å². The number of halogens is 1. The van der Waals surface area contributed by atoms with E-state index in [0.29, 0.717) is 23.5 Å². The molecule has 1 aromatic heterocycles. The molecule has 0 spiro atoms. The number of thioether (sulfide) groups is 1. The van der Waals surface area contributed by atoms with E-state index in [1.54, 1.807) is 17.0 Å². The Hall–Kier alpha value is -1.54. The van der Waals surface area contributed by atoms with Crippen LogP contribution in [0.1, 0.15) is 31.4 Å². The first-order chi connectivity index (χ1) is 11.5. The number of nitrogens with zero attached hydrogens (tertiary/aromatic N) is 2. The molecule has 8 heteroatoms. The average molecular weight is 413 g/mol. The van der Waals surface area contributed by atoms with Crippen molar-refractivity contribution in [3.8, 4) is 0 Å². The molecule has 0 bridgehead atoms. The Balaban J connectivity index is 1.67. The van der Waals surface area contributed by atoms with Gasteiger partial charge in [0.05, 0.1) is 4.91 Å². The lowest BCUT2D eigenvalue weighted by molar-refractivity contribution is -0.135. The maximum Gasteiger partial charge on any atom is 0.294 e. The fourth-order valence-corrected chi connectivity index (χ4v) is 3.86. The van der Waals surface area contributed by atoms with Crippen molar-refractivity contribution in [1.29, 1.82) is 0 Å². The Morgan fingerprint density at radius 2 is 1.92 bits per heavy atom. The highest BCUT2D eigenvalue weighted by atomic mass is 79.9. The van der Waals surface area contributed by atoms with Crippen LogP contribution >= 0.6 is 27.7 Å². The zero-order valence-electron chi connectivity index (χ0n) is 13.0. The smallest absolute Gasteiger partial charge is 0.294 e. The zero-order valence-corrected chi connectivity index (χ0v) is 15.4. The summed E-state index contributed by atoms with van der Waals surface area (Å²) in [5, 5.41) is -0.417. The number of hydrogen-bond acceptors (Lipinski definition) is 5. The summed E-state index contributed by atoms with van der Waals surface area (Å²) >= 11 is 4.02. The highest BCUT2D eigenvalue weighted by Crippen LogP contribution is 2.32. The molecule has 3 heterocycles. The molecule has 0 unspecified atom stereocenters. The van der Waals surface area contributed by atoms with E-state index in [0.717, 1.165) is 42.3 Å². The first-order valence-corrected chi connectivity index (χ1v) is 9.44. The molecule has 0 radical (unpaired) electrons. The monoisotopic (exact) mass is 412 g/mol. The first-order valence-electron chi connectivity index (χ1n) is 7.83. The number of hydrogen-bond donors (Lipinski definition) is 0. The fraction of sp³-hybridized carbons (Fsp3) is 0.438. The largest absolute Gasteiger partial charge is 0.450 e. The molecule has 0 atom stereocenters. The lowest BCUT2D eigenvalue weighted by Crippen LogP contribution is -2.42. The van der Waals surface area contributed by atoms with Crippen LogP contribution in [0.5, 0.6) is 0 Å². The van der Waals surface area contributed by atoms with Crippen LogP contribution in [0, 0.1) is 0 Å². The minimum atomic E-state index is -0.444. The van der Waals surface area contributed by atoms with Crippen LogP contribution in [0.15, 0.2) is 26.1 Å². The molecule has 0 aromatic carbocycles. The molecule has 128 valence electrons. The predicted octanol–water partition coefficient (Wildman–Crippen LogP) is 3.48. The number of rotatable bonds is 3. The number of likely N-dealkylation sites (tertiary alicyclic amines) is 1. The fourth-order valence-electron chi connectivity index (χ4n) is 2.73.